The average molecular weight is 417 g/mol. The van der Waals surface area contributed by atoms with Crippen molar-refractivity contribution in [3.8, 4) is 0 Å². The molecule has 0 bridgehead atoms. The lowest BCUT2D eigenvalue weighted by Crippen LogP contribution is -2.68. The third-order valence-electron chi connectivity index (χ3n) is 5.67. The maximum Gasteiger partial charge on any atom is 0.321 e. The molecule has 1 fully saturated rings. The predicted octanol–water partition coefficient (Wildman–Crippen LogP) is 4.07. The van der Waals surface area contributed by atoms with E-state index in [1.54, 1.807) is 4.90 Å². The van der Waals surface area contributed by atoms with E-state index in [2.05, 4.69) is 22.5 Å². The number of nitrogens with one attached hydrogen (secondary N) is 2. The van der Waals surface area contributed by atoms with Crippen LogP contribution >= 0.6 is 11.6 Å². The van der Waals surface area contributed by atoms with E-state index in [4.69, 9.17) is 11.6 Å². The van der Waals surface area contributed by atoms with Gasteiger partial charge in [-0.15, -0.1) is 0 Å². The van der Waals surface area contributed by atoms with Crippen molar-refractivity contribution in [2.45, 2.75) is 25.4 Å². The molecule has 0 aromatic heterocycles. The topological polar surface area (TPSA) is 64.7 Å². The lowest BCUT2D eigenvalue weighted by atomic mass is 9.90. The number of carbonyl (C=O) groups is 2. The van der Waals surface area contributed by atoms with Crippen molar-refractivity contribution in [3.05, 3.63) is 58.9 Å². The van der Waals surface area contributed by atoms with Crippen LogP contribution < -0.4 is 15.5 Å². The summed E-state index contributed by atoms with van der Waals surface area (Å²) in [6.07, 6.45) is 1.22. The first-order valence-electron chi connectivity index (χ1n) is 9.64. The van der Waals surface area contributed by atoms with Crippen molar-refractivity contribution in [3.63, 3.8) is 0 Å². The highest BCUT2D eigenvalue weighted by Crippen LogP contribution is 2.37. The molecular formula is C21H22ClFN4O2. The van der Waals surface area contributed by atoms with E-state index < -0.39 is 11.5 Å². The molecular weight excluding hydrogens is 395 g/mol. The van der Waals surface area contributed by atoms with Gasteiger partial charge in [0, 0.05) is 38.2 Å². The van der Waals surface area contributed by atoms with Gasteiger partial charge in [-0.3, -0.25) is 4.79 Å². The van der Waals surface area contributed by atoms with Crippen molar-refractivity contribution >= 4 is 34.9 Å². The number of urea groups is 1. The van der Waals surface area contributed by atoms with Gasteiger partial charge in [0.2, 0.25) is 0 Å². The Kier molecular flexibility index (Phi) is 5.08. The van der Waals surface area contributed by atoms with Gasteiger partial charge < -0.3 is 20.4 Å². The van der Waals surface area contributed by atoms with Crippen LogP contribution in [0, 0.1) is 5.82 Å². The highest BCUT2D eigenvalue weighted by Gasteiger charge is 2.45. The molecule has 2 aliphatic rings. The van der Waals surface area contributed by atoms with Gasteiger partial charge in [0.1, 0.15) is 11.5 Å². The number of piperidine rings is 1. The van der Waals surface area contributed by atoms with Gasteiger partial charge in [0.05, 0.1) is 16.3 Å². The van der Waals surface area contributed by atoms with Gasteiger partial charge in [-0.1, -0.05) is 23.7 Å². The number of hydrogen-bond donors (Lipinski definition) is 2. The Morgan fingerprint density at radius 1 is 1.24 bits per heavy atom. The molecule has 1 spiro atoms. The maximum atomic E-state index is 13.3. The van der Waals surface area contributed by atoms with Crippen LogP contribution in [0.25, 0.3) is 0 Å². The molecule has 152 valence electrons. The van der Waals surface area contributed by atoms with Crippen LogP contribution in [0.1, 0.15) is 30.1 Å². The number of fused-ring (bicyclic) bond motifs is 1. The van der Waals surface area contributed by atoms with E-state index in [0.717, 1.165) is 12.2 Å². The SMILES string of the molecule is CCN1c2ccccc2C(=O)NC12CCN(C(=O)Nc1ccc(F)c(Cl)c1)CC2. The van der Waals surface area contributed by atoms with Crippen LogP contribution in [0.15, 0.2) is 42.5 Å². The van der Waals surface area contributed by atoms with Gasteiger partial charge in [0.25, 0.3) is 5.91 Å². The first kappa shape index (κ1) is 19.5. The Hall–Kier alpha value is -2.80. The summed E-state index contributed by atoms with van der Waals surface area (Å²) in [5, 5.41) is 5.90. The molecule has 1 saturated heterocycles. The van der Waals surface area contributed by atoms with E-state index in [-0.39, 0.29) is 17.0 Å². The van der Waals surface area contributed by atoms with Crippen LogP contribution in [0.2, 0.25) is 5.02 Å². The van der Waals surface area contributed by atoms with Crippen LogP contribution in [0.4, 0.5) is 20.6 Å². The Labute approximate surface area is 173 Å². The molecule has 3 amide bonds. The molecule has 0 radical (unpaired) electrons. The lowest BCUT2D eigenvalue weighted by molar-refractivity contribution is 0.0808. The quantitative estimate of drug-likeness (QED) is 0.775. The number of hydrogen-bond acceptors (Lipinski definition) is 3. The fourth-order valence-corrected chi connectivity index (χ4v) is 4.38. The van der Waals surface area contributed by atoms with Crippen LogP contribution in [-0.4, -0.2) is 42.1 Å². The molecule has 0 atom stereocenters. The first-order chi connectivity index (χ1) is 13.9. The summed E-state index contributed by atoms with van der Waals surface area (Å²) in [5.74, 6) is -0.610. The number of carbonyl (C=O) groups excluding carboxylic acids is 2. The van der Waals surface area contributed by atoms with Gasteiger partial charge in [-0.25, -0.2) is 9.18 Å². The number of likely N-dealkylation sites (tertiary alicyclic amines) is 1. The Morgan fingerprint density at radius 3 is 2.66 bits per heavy atom. The van der Waals surface area contributed by atoms with Crippen molar-refractivity contribution in [1.82, 2.24) is 10.2 Å². The zero-order chi connectivity index (χ0) is 20.6. The molecule has 6 nitrogen and oxygen atoms in total. The Bertz CT molecular complexity index is 959. The zero-order valence-electron chi connectivity index (χ0n) is 16.0. The Morgan fingerprint density at radius 2 is 1.97 bits per heavy atom. The molecule has 2 heterocycles. The van der Waals surface area contributed by atoms with Crippen molar-refractivity contribution < 1.29 is 14.0 Å². The minimum absolute atomic E-state index is 0.0393. The van der Waals surface area contributed by atoms with Gasteiger partial charge >= 0.3 is 6.03 Å². The van der Waals surface area contributed by atoms with Crippen LogP contribution in [0.5, 0.6) is 0 Å². The first-order valence-corrected chi connectivity index (χ1v) is 10.0. The van der Waals surface area contributed by atoms with Crippen LogP contribution in [0.3, 0.4) is 0 Å². The fourth-order valence-electron chi connectivity index (χ4n) is 4.20. The second-order valence-corrected chi connectivity index (χ2v) is 7.70. The molecule has 2 aliphatic heterocycles. The van der Waals surface area contributed by atoms with E-state index in [1.165, 1.54) is 18.2 Å². The smallest absolute Gasteiger partial charge is 0.321 e. The van der Waals surface area contributed by atoms with Crippen molar-refractivity contribution in [2.24, 2.45) is 0 Å². The molecule has 29 heavy (non-hydrogen) atoms. The summed E-state index contributed by atoms with van der Waals surface area (Å²) in [6.45, 7) is 3.78. The minimum atomic E-state index is -0.530. The minimum Gasteiger partial charge on any atom is -0.348 e. The maximum absolute atomic E-state index is 13.3. The number of anilines is 2. The van der Waals surface area contributed by atoms with Crippen molar-refractivity contribution in [1.29, 1.82) is 0 Å². The molecule has 8 heteroatoms. The highest BCUT2D eigenvalue weighted by molar-refractivity contribution is 6.31. The number of halogens is 2. The predicted molar refractivity (Wildman–Crippen MR) is 111 cm³/mol. The summed E-state index contributed by atoms with van der Waals surface area (Å²) in [4.78, 5) is 29.2. The fraction of sp³-hybridized carbons (Fsp3) is 0.333. The van der Waals surface area contributed by atoms with Gasteiger partial charge in [-0.2, -0.15) is 0 Å². The second-order valence-electron chi connectivity index (χ2n) is 7.29. The summed E-state index contributed by atoms with van der Waals surface area (Å²) < 4.78 is 13.3. The number of para-hydroxylation sites is 1. The molecule has 0 aliphatic carbocycles. The Balaban J connectivity index is 1.47. The molecule has 2 N–H and O–H groups in total. The standard InChI is InChI=1S/C21H22ClFN4O2/c1-2-27-18-6-4-3-5-15(18)19(28)25-21(27)9-11-26(12-10-21)20(29)24-14-7-8-17(23)16(22)13-14/h3-8,13H,2,9-12H2,1H3,(H,24,29)(H,25,28). The van der Waals surface area contributed by atoms with Crippen LogP contribution in [-0.2, 0) is 0 Å². The number of amides is 3. The summed E-state index contributed by atoms with van der Waals surface area (Å²) in [7, 11) is 0. The van der Waals surface area contributed by atoms with Gasteiger partial charge in [-0.05, 0) is 37.3 Å². The summed E-state index contributed by atoms with van der Waals surface area (Å²) >= 11 is 5.78. The van der Waals surface area contributed by atoms with Gasteiger partial charge in [0.15, 0.2) is 0 Å². The van der Waals surface area contributed by atoms with Crippen molar-refractivity contribution in [2.75, 3.05) is 29.9 Å². The van der Waals surface area contributed by atoms with E-state index in [9.17, 15) is 14.0 Å². The number of benzene rings is 2. The second kappa shape index (κ2) is 7.55. The van der Waals surface area contributed by atoms with E-state index >= 15 is 0 Å². The molecule has 4 rings (SSSR count). The molecule has 2 aromatic carbocycles. The lowest BCUT2D eigenvalue weighted by Gasteiger charge is -2.52. The third-order valence-corrected chi connectivity index (χ3v) is 5.96. The highest BCUT2D eigenvalue weighted by atomic mass is 35.5. The normalized spacial score (nSPS) is 17.7. The molecule has 2 aromatic rings. The zero-order valence-corrected chi connectivity index (χ0v) is 16.8. The average Bonchev–Trinajstić information content (AvgIpc) is 2.71. The third kappa shape index (κ3) is 3.51. The summed E-state index contributed by atoms with van der Waals surface area (Å²) in [5.41, 5.74) is 1.54. The van der Waals surface area contributed by atoms with E-state index in [0.29, 0.717) is 37.2 Å². The molecule has 0 saturated carbocycles. The number of nitrogens with zero attached hydrogens (tertiary/aromatic N) is 2. The molecule has 0 unspecified atom stereocenters. The number of rotatable bonds is 2. The van der Waals surface area contributed by atoms with E-state index in [1.807, 2.05) is 24.3 Å². The monoisotopic (exact) mass is 416 g/mol. The largest absolute Gasteiger partial charge is 0.348 e. The summed E-state index contributed by atoms with van der Waals surface area (Å²) in [6, 6.07) is 11.4.